The van der Waals surface area contributed by atoms with E-state index in [0.717, 1.165) is 12.8 Å². The van der Waals surface area contributed by atoms with Crippen LogP contribution in [0.5, 0.6) is 0 Å². The summed E-state index contributed by atoms with van der Waals surface area (Å²) in [5, 5.41) is 0. The Bertz CT molecular complexity index is 140. The Kier molecular flexibility index (Phi) is 2.82. The lowest BCUT2D eigenvalue weighted by Crippen LogP contribution is -2.27. The summed E-state index contributed by atoms with van der Waals surface area (Å²) in [5.74, 6) is 0.709. The molecule has 1 fully saturated rings. The second-order valence-corrected chi connectivity index (χ2v) is 3.72. The van der Waals surface area contributed by atoms with Crippen molar-refractivity contribution in [1.29, 1.82) is 0 Å². The topological polar surface area (TPSA) is 49.3 Å². The van der Waals surface area contributed by atoms with Crippen LogP contribution in [0.3, 0.4) is 0 Å². The van der Waals surface area contributed by atoms with Crippen LogP contribution in [-0.4, -0.2) is 14.8 Å². The molecule has 2 N–H and O–H groups in total. The fraction of sp³-hybridized carbons (Fsp3) is 1.00. The quantitative estimate of drug-likeness (QED) is 0.594. The molecule has 0 amide bonds. The molecule has 0 aromatic carbocycles. The highest BCUT2D eigenvalue weighted by Crippen LogP contribution is 2.24. The monoisotopic (exact) mass is 163 g/mol. The maximum absolute atomic E-state index is 10.3. The Labute approximate surface area is 63.6 Å². The Hall–Kier alpha value is 0.0700. The summed E-state index contributed by atoms with van der Waals surface area (Å²) in [5.41, 5.74) is 0. The van der Waals surface area contributed by atoms with Gasteiger partial charge in [0.1, 0.15) is 0 Å². The first-order valence-electron chi connectivity index (χ1n) is 3.55. The van der Waals surface area contributed by atoms with Crippen LogP contribution in [0.2, 0.25) is 0 Å². The third kappa shape index (κ3) is 2.36. The molecule has 1 saturated carbocycles. The van der Waals surface area contributed by atoms with Gasteiger partial charge in [0.25, 0.3) is 0 Å². The summed E-state index contributed by atoms with van der Waals surface area (Å²) in [4.78, 5) is 0. The minimum Gasteiger partial charge on any atom is -0.294 e. The first-order chi connectivity index (χ1) is 4.68. The Morgan fingerprint density at radius 1 is 1.60 bits per heavy atom. The SMILES string of the molecule is C[C@H]1CC[C@H](NS(=O)O)C1. The van der Waals surface area contributed by atoms with Crippen molar-refractivity contribution >= 4 is 11.3 Å². The molecule has 60 valence electrons. The summed E-state index contributed by atoms with van der Waals surface area (Å²) < 4.78 is 21.3. The zero-order valence-corrected chi connectivity index (χ0v) is 6.86. The van der Waals surface area contributed by atoms with Crippen LogP contribution in [0.15, 0.2) is 0 Å². The molecule has 0 aromatic rings. The van der Waals surface area contributed by atoms with E-state index in [-0.39, 0.29) is 6.04 Å². The first kappa shape index (κ1) is 8.17. The zero-order valence-electron chi connectivity index (χ0n) is 6.04. The number of nitrogens with one attached hydrogen (secondary N) is 1. The highest BCUT2D eigenvalue weighted by molar-refractivity contribution is 7.77. The van der Waals surface area contributed by atoms with Gasteiger partial charge in [-0.1, -0.05) is 6.92 Å². The molecule has 0 radical (unpaired) electrons. The fourth-order valence-electron chi connectivity index (χ4n) is 1.46. The Morgan fingerprint density at radius 2 is 2.30 bits per heavy atom. The van der Waals surface area contributed by atoms with Crippen molar-refractivity contribution in [1.82, 2.24) is 4.72 Å². The van der Waals surface area contributed by atoms with E-state index in [0.29, 0.717) is 5.92 Å². The highest BCUT2D eigenvalue weighted by atomic mass is 32.2. The van der Waals surface area contributed by atoms with E-state index in [1.165, 1.54) is 6.42 Å². The van der Waals surface area contributed by atoms with Gasteiger partial charge in [0.2, 0.25) is 11.3 Å². The first-order valence-corrected chi connectivity index (χ1v) is 4.66. The number of hydrogen-bond acceptors (Lipinski definition) is 1. The van der Waals surface area contributed by atoms with Gasteiger partial charge in [-0.25, -0.2) is 8.93 Å². The largest absolute Gasteiger partial charge is 0.294 e. The second-order valence-electron chi connectivity index (χ2n) is 2.98. The third-order valence-electron chi connectivity index (χ3n) is 1.96. The van der Waals surface area contributed by atoms with Crippen molar-refractivity contribution in [3.63, 3.8) is 0 Å². The van der Waals surface area contributed by atoms with Gasteiger partial charge in [-0.05, 0) is 25.2 Å². The van der Waals surface area contributed by atoms with Gasteiger partial charge < -0.3 is 0 Å². The van der Waals surface area contributed by atoms with Gasteiger partial charge in [-0.2, -0.15) is 0 Å². The van der Waals surface area contributed by atoms with Crippen LogP contribution >= 0.6 is 0 Å². The molecule has 0 spiro atoms. The van der Waals surface area contributed by atoms with Crippen LogP contribution in [0.4, 0.5) is 0 Å². The maximum atomic E-state index is 10.3. The molecule has 3 nitrogen and oxygen atoms in total. The summed E-state index contributed by atoms with van der Waals surface area (Å²) in [6.07, 6.45) is 3.24. The van der Waals surface area contributed by atoms with Crippen LogP contribution in [-0.2, 0) is 11.3 Å². The summed E-state index contributed by atoms with van der Waals surface area (Å²) >= 11 is -1.82. The predicted octanol–water partition coefficient (Wildman–Crippen LogP) is 0.901. The van der Waals surface area contributed by atoms with Crippen LogP contribution in [0.25, 0.3) is 0 Å². The number of hydrogen-bond donors (Lipinski definition) is 2. The molecule has 0 bridgehead atoms. The van der Waals surface area contributed by atoms with E-state index in [1.54, 1.807) is 0 Å². The Balaban J connectivity index is 2.24. The standard InChI is InChI=1S/C6H13NO2S/c1-5-2-3-6(4-5)7-10(8)9/h5-7H,2-4H2,1H3,(H,8,9)/t5-,6-/m0/s1. The van der Waals surface area contributed by atoms with E-state index >= 15 is 0 Å². The molecule has 0 aromatic heterocycles. The molecular weight excluding hydrogens is 150 g/mol. The van der Waals surface area contributed by atoms with E-state index in [4.69, 9.17) is 4.55 Å². The molecule has 10 heavy (non-hydrogen) atoms. The maximum Gasteiger partial charge on any atom is 0.231 e. The minimum absolute atomic E-state index is 0.265. The second kappa shape index (κ2) is 3.46. The lowest BCUT2D eigenvalue weighted by Gasteiger charge is -2.06. The summed E-state index contributed by atoms with van der Waals surface area (Å²) in [7, 11) is 0. The minimum atomic E-state index is -1.82. The molecule has 1 aliphatic carbocycles. The fourth-order valence-corrected chi connectivity index (χ4v) is 1.96. The molecule has 1 unspecified atom stereocenters. The van der Waals surface area contributed by atoms with Gasteiger partial charge in [0.05, 0.1) is 0 Å². The van der Waals surface area contributed by atoms with Gasteiger partial charge >= 0.3 is 0 Å². The molecule has 0 aliphatic heterocycles. The molecule has 3 atom stereocenters. The van der Waals surface area contributed by atoms with Gasteiger partial charge in [-0.15, -0.1) is 0 Å². The Morgan fingerprint density at radius 3 is 2.70 bits per heavy atom. The molecule has 0 saturated heterocycles. The van der Waals surface area contributed by atoms with E-state index in [9.17, 15) is 4.21 Å². The van der Waals surface area contributed by atoms with E-state index in [2.05, 4.69) is 11.6 Å². The van der Waals surface area contributed by atoms with Crippen molar-refractivity contribution in [2.45, 2.75) is 32.2 Å². The molecule has 0 heterocycles. The van der Waals surface area contributed by atoms with Gasteiger partial charge in [0, 0.05) is 6.04 Å². The van der Waals surface area contributed by atoms with Crippen molar-refractivity contribution < 1.29 is 8.76 Å². The van der Waals surface area contributed by atoms with Crippen LogP contribution in [0.1, 0.15) is 26.2 Å². The van der Waals surface area contributed by atoms with E-state index < -0.39 is 11.3 Å². The van der Waals surface area contributed by atoms with Gasteiger partial charge in [-0.3, -0.25) is 4.55 Å². The average molecular weight is 163 g/mol. The molecule has 1 rings (SSSR count). The smallest absolute Gasteiger partial charge is 0.231 e. The van der Waals surface area contributed by atoms with Gasteiger partial charge in [0.15, 0.2) is 0 Å². The average Bonchev–Trinajstić information content (AvgIpc) is 2.13. The molecular formula is C6H13NO2S. The van der Waals surface area contributed by atoms with Crippen LogP contribution in [0, 0.1) is 5.92 Å². The molecule has 1 aliphatic rings. The normalized spacial score (nSPS) is 36.2. The predicted molar refractivity (Wildman–Crippen MR) is 40.7 cm³/mol. The van der Waals surface area contributed by atoms with Crippen molar-refractivity contribution in [3.8, 4) is 0 Å². The molecule has 4 heteroatoms. The van der Waals surface area contributed by atoms with Crippen molar-refractivity contribution in [2.24, 2.45) is 5.92 Å². The zero-order chi connectivity index (χ0) is 7.56. The number of rotatable bonds is 2. The highest BCUT2D eigenvalue weighted by Gasteiger charge is 2.21. The lowest BCUT2D eigenvalue weighted by molar-refractivity contribution is 0.516. The van der Waals surface area contributed by atoms with Crippen molar-refractivity contribution in [2.75, 3.05) is 0 Å². The summed E-state index contributed by atoms with van der Waals surface area (Å²) in [6, 6.07) is 0.265. The third-order valence-corrected chi connectivity index (χ3v) is 2.50. The lowest BCUT2D eigenvalue weighted by atomic mass is 10.1. The van der Waals surface area contributed by atoms with Crippen LogP contribution < -0.4 is 4.72 Å². The summed E-state index contributed by atoms with van der Waals surface area (Å²) in [6.45, 7) is 2.17. The van der Waals surface area contributed by atoms with E-state index in [1.807, 2.05) is 0 Å². The van der Waals surface area contributed by atoms with Crippen molar-refractivity contribution in [3.05, 3.63) is 0 Å².